The van der Waals surface area contributed by atoms with Crippen molar-refractivity contribution >= 4 is 16.9 Å². The number of nitro groups is 1. The van der Waals surface area contributed by atoms with Gasteiger partial charge < -0.3 is 9.72 Å². The van der Waals surface area contributed by atoms with E-state index >= 15 is 0 Å². The van der Waals surface area contributed by atoms with Crippen molar-refractivity contribution in [3.63, 3.8) is 0 Å². The normalized spacial score (nSPS) is 11.5. The number of rotatable bonds is 4. The van der Waals surface area contributed by atoms with Crippen LogP contribution in [0.1, 0.15) is 19.4 Å². The van der Waals surface area contributed by atoms with Gasteiger partial charge in [-0.1, -0.05) is 0 Å². The summed E-state index contributed by atoms with van der Waals surface area (Å²) in [6, 6.07) is 6.24. The van der Waals surface area contributed by atoms with E-state index in [1.807, 2.05) is 13.8 Å². The molecule has 0 bridgehead atoms. The summed E-state index contributed by atoms with van der Waals surface area (Å²) >= 11 is 0. The zero-order valence-electron chi connectivity index (χ0n) is 12.0. The SMILES string of the molecule is CC(C)(Oc1ncnc2nc[nH]c12)c1ccc([N+](=O)[O-])cc1. The van der Waals surface area contributed by atoms with E-state index in [0.29, 0.717) is 17.0 Å². The number of nitro benzene ring substituents is 1. The average Bonchev–Trinajstić information content (AvgIpc) is 2.96. The highest BCUT2D eigenvalue weighted by Gasteiger charge is 2.25. The number of hydrogen-bond acceptors (Lipinski definition) is 6. The minimum atomic E-state index is -0.721. The van der Waals surface area contributed by atoms with Crippen LogP contribution < -0.4 is 4.74 Å². The van der Waals surface area contributed by atoms with Gasteiger partial charge in [-0.15, -0.1) is 0 Å². The lowest BCUT2D eigenvalue weighted by Crippen LogP contribution is -2.25. The molecule has 0 aliphatic carbocycles. The highest BCUT2D eigenvalue weighted by molar-refractivity contribution is 5.75. The van der Waals surface area contributed by atoms with Crippen LogP contribution in [-0.4, -0.2) is 24.9 Å². The van der Waals surface area contributed by atoms with Crippen LogP contribution in [0.2, 0.25) is 0 Å². The van der Waals surface area contributed by atoms with Crippen molar-refractivity contribution < 1.29 is 9.66 Å². The van der Waals surface area contributed by atoms with Crippen molar-refractivity contribution in [1.29, 1.82) is 0 Å². The maximum Gasteiger partial charge on any atom is 0.269 e. The Bertz CT molecular complexity index is 826. The van der Waals surface area contributed by atoms with Crippen LogP contribution >= 0.6 is 0 Å². The third-order valence-corrected chi connectivity index (χ3v) is 3.31. The zero-order valence-corrected chi connectivity index (χ0v) is 12.0. The Balaban J connectivity index is 1.92. The standard InChI is InChI=1S/C14H13N5O3/c1-14(2,9-3-5-10(6-4-9)19(20)21)22-13-11-12(16-7-15-11)17-8-18-13/h3-8H,1-2H3,(H,15,16,17,18). The topological polar surface area (TPSA) is 107 Å². The predicted molar refractivity (Wildman–Crippen MR) is 78.4 cm³/mol. The average molecular weight is 299 g/mol. The van der Waals surface area contributed by atoms with Gasteiger partial charge in [0.15, 0.2) is 5.65 Å². The molecule has 2 heterocycles. The Morgan fingerprint density at radius 3 is 2.59 bits per heavy atom. The van der Waals surface area contributed by atoms with Gasteiger partial charge in [-0.25, -0.2) is 9.97 Å². The smallest absolute Gasteiger partial charge is 0.269 e. The summed E-state index contributed by atoms with van der Waals surface area (Å²) in [4.78, 5) is 25.4. The van der Waals surface area contributed by atoms with Gasteiger partial charge >= 0.3 is 0 Å². The molecule has 0 aliphatic rings. The zero-order chi connectivity index (χ0) is 15.7. The molecule has 112 valence electrons. The first-order chi connectivity index (χ1) is 10.5. The monoisotopic (exact) mass is 299 g/mol. The first kappa shape index (κ1) is 13.9. The lowest BCUT2D eigenvalue weighted by Gasteiger charge is -2.26. The van der Waals surface area contributed by atoms with E-state index in [4.69, 9.17) is 4.74 Å². The highest BCUT2D eigenvalue weighted by atomic mass is 16.6. The molecule has 1 aromatic carbocycles. The molecule has 0 saturated carbocycles. The van der Waals surface area contributed by atoms with E-state index in [0.717, 1.165) is 5.56 Å². The number of fused-ring (bicyclic) bond motifs is 1. The van der Waals surface area contributed by atoms with Crippen LogP contribution in [0.25, 0.3) is 11.2 Å². The molecule has 0 fully saturated rings. The molecule has 0 saturated heterocycles. The Kier molecular flexibility index (Phi) is 3.21. The van der Waals surface area contributed by atoms with Crippen molar-refractivity contribution in [3.8, 4) is 5.88 Å². The second kappa shape index (κ2) is 5.06. The number of nitrogens with zero attached hydrogens (tertiary/aromatic N) is 4. The third kappa shape index (κ3) is 2.46. The fourth-order valence-electron chi connectivity index (χ4n) is 2.11. The number of imidazole rings is 1. The van der Waals surface area contributed by atoms with Gasteiger partial charge in [0.1, 0.15) is 17.4 Å². The summed E-state index contributed by atoms with van der Waals surface area (Å²) in [7, 11) is 0. The van der Waals surface area contributed by atoms with Crippen LogP contribution in [-0.2, 0) is 5.60 Å². The van der Waals surface area contributed by atoms with Gasteiger partial charge in [-0.05, 0) is 31.5 Å². The quantitative estimate of drug-likeness (QED) is 0.586. The van der Waals surface area contributed by atoms with E-state index in [1.54, 1.807) is 12.1 Å². The van der Waals surface area contributed by atoms with Gasteiger partial charge in [0.2, 0.25) is 5.88 Å². The lowest BCUT2D eigenvalue weighted by molar-refractivity contribution is -0.384. The molecule has 3 rings (SSSR count). The molecule has 0 aliphatic heterocycles. The van der Waals surface area contributed by atoms with Crippen LogP contribution in [0.4, 0.5) is 5.69 Å². The molecule has 0 amide bonds. The van der Waals surface area contributed by atoms with E-state index < -0.39 is 10.5 Å². The van der Waals surface area contributed by atoms with Gasteiger partial charge in [-0.3, -0.25) is 10.1 Å². The molecular formula is C14H13N5O3. The number of benzene rings is 1. The van der Waals surface area contributed by atoms with Gasteiger partial charge in [-0.2, -0.15) is 4.98 Å². The largest absolute Gasteiger partial charge is 0.465 e. The Labute approximate surface area is 125 Å². The number of nitrogens with one attached hydrogen (secondary N) is 1. The second-order valence-corrected chi connectivity index (χ2v) is 5.20. The van der Waals surface area contributed by atoms with Crippen molar-refractivity contribution in [1.82, 2.24) is 19.9 Å². The summed E-state index contributed by atoms with van der Waals surface area (Å²) in [6.07, 6.45) is 2.90. The fourth-order valence-corrected chi connectivity index (χ4v) is 2.11. The Hall–Kier alpha value is -3.03. The molecular weight excluding hydrogens is 286 g/mol. The Morgan fingerprint density at radius 2 is 1.91 bits per heavy atom. The molecule has 8 heteroatoms. The number of hydrogen-bond donors (Lipinski definition) is 1. The number of ether oxygens (including phenoxy) is 1. The van der Waals surface area contributed by atoms with Crippen LogP contribution in [0.3, 0.4) is 0 Å². The maximum absolute atomic E-state index is 10.7. The predicted octanol–water partition coefficient (Wildman–Crippen LogP) is 2.58. The molecule has 1 N–H and O–H groups in total. The molecule has 0 radical (unpaired) electrons. The van der Waals surface area contributed by atoms with E-state index in [2.05, 4.69) is 19.9 Å². The summed E-state index contributed by atoms with van der Waals surface area (Å²) in [6.45, 7) is 3.72. The van der Waals surface area contributed by atoms with E-state index in [-0.39, 0.29) is 5.69 Å². The minimum absolute atomic E-state index is 0.0394. The first-order valence-electron chi connectivity index (χ1n) is 6.55. The summed E-state index contributed by atoms with van der Waals surface area (Å²) in [5.74, 6) is 0.380. The summed E-state index contributed by atoms with van der Waals surface area (Å²) < 4.78 is 5.97. The number of H-pyrrole nitrogens is 1. The van der Waals surface area contributed by atoms with Crippen molar-refractivity contribution in [2.24, 2.45) is 0 Å². The molecule has 2 aromatic heterocycles. The number of aromatic amines is 1. The van der Waals surface area contributed by atoms with Crippen molar-refractivity contribution in [3.05, 3.63) is 52.6 Å². The molecule has 8 nitrogen and oxygen atoms in total. The summed E-state index contributed by atoms with van der Waals surface area (Å²) in [5, 5.41) is 10.7. The van der Waals surface area contributed by atoms with Crippen molar-refractivity contribution in [2.75, 3.05) is 0 Å². The Morgan fingerprint density at radius 1 is 1.18 bits per heavy atom. The van der Waals surface area contributed by atoms with E-state index in [1.165, 1.54) is 24.8 Å². The van der Waals surface area contributed by atoms with Crippen molar-refractivity contribution in [2.45, 2.75) is 19.4 Å². The van der Waals surface area contributed by atoms with Crippen LogP contribution in [0.5, 0.6) is 5.88 Å². The number of non-ortho nitro benzene ring substituents is 1. The first-order valence-corrected chi connectivity index (χ1v) is 6.55. The van der Waals surface area contributed by atoms with E-state index in [9.17, 15) is 10.1 Å². The number of aromatic nitrogens is 4. The maximum atomic E-state index is 10.7. The minimum Gasteiger partial charge on any atom is -0.465 e. The fraction of sp³-hybridized carbons (Fsp3) is 0.214. The van der Waals surface area contributed by atoms with Gasteiger partial charge in [0, 0.05) is 12.1 Å². The molecule has 3 aromatic rings. The lowest BCUT2D eigenvalue weighted by atomic mass is 9.98. The van der Waals surface area contributed by atoms with Crippen LogP contribution in [0.15, 0.2) is 36.9 Å². The molecule has 0 unspecified atom stereocenters. The van der Waals surface area contributed by atoms with Gasteiger partial charge in [0.25, 0.3) is 5.69 Å². The summed E-state index contributed by atoms with van der Waals surface area (Å²) in [5.41, 5.74) is 1.24. The second-order valence-electron chi connectivity index (χ2n) is 5.20. The molecule has 0 spiro atoms. The molecule has 22 heavy (non-hydrogen) atoms. The van der Waals surface area contributed by atoms with Crippen LogP contribution in [0, 0.1) is 10.1 Å². The molecule has 0 atom stereocenters. The van der Waals surface area contributed by atoms with Gasteiger partial charge in [0.05, 0.1) is 11.3 Å². The third-order valence-electron chi connectivity index (χ3n) is 3.31. The highest BCUT2D eigenvalue weighted by Crippen LogP contribution is 2.30.